The maximum absolute atomic E-state index is 13.5. The number of fused-ring (bicyclic) bond motifs is 2. The molecular weight excluding hydrogens is 299 g/mol. The van der Waals surface area contributed by atoms with Crippen LogP contribution in [0.4, 0.5) is 10.1 Å². The Kier molecular flexibility index (Phi) is 4.15. The van der Waals surface area contributed by atoms with E-state index in [4.69, 9.17) is 5.73 Å². The highest BCUT2D eigenvalue weighted by Gasteiger charge is 2.41. The summed E-state index contributed by atoms with van der Waals surface area (Å²) < 4.78 is 13.5. The number of hydrogen-bond acceptors (Lipinski definition) is 3. The first-order chi connectivity index (χ1) is 11.0. The van der Waals surface area contributed by atoms with E-state index in [1.54, 1.807) is 0 Å². The molecule has 23 heavy (non-hydrogen) atoms. The molecule has 3 rings (SSSR count). The highest BCUT2D eigenvalue weighted by atomic mass is 19.1. The van der Waals surface area contributed by atoms with Gasteiger partial charge in [-0.2, -0.15) is 0 Å². The van der Waals surface area contributed by atoms with Crippen LogP contribution >= 0.6 is 0 Å². The van der Waals surface area contributed by atoms with Crippen molar-refractivity contribution in [2.75, 3.05) is 5.32 Å². The number of anilines is 1. The molecule has 2 aliphatic carbocycles. The Hall–Kier alpha value is -2.24. The minimum Gasteiger partial charge on any atom is -0.366 e. The second-order valence-electron chi connectivity index (χ2n) is 6.44. The van der Waals surface area contributed by atoms with E-state index >= 15 is 0 Å². The molecular formula is C17H19FN2O3. The number of amides is 2. The minimum atomic E-state index is -0.878. The molecule has 2 saturated carbocycles. The van der Waals surface area contributed by atoms with Crippen molar-refractivity contribution in [1.29, 1.82) is 0 Å². The molecule has 0 saturated heterocycles. The van der Waals surface area contributed by atoms with Crippen molar-refractivity contribution in [1.82, 2.24) is 0 Å². The molecule has 2 unspecified atom stereocenters. The first-order valence-corrected chi connectivity index (χ1v) is 7.89. The summed E-state index contributed by atoms with van der Waals surface area (Å²) >= 11 is 0. The average molecular weight is 318 g/mol. The van der Waals surface area contributed by atoms with Crippen LogP contribution in [0.3, 0.4) is 0 Å². The summed E-state index contributed by atoms with van der Waals surface area (Å²) in [6, 6.07) is 3.74. The number of Topliss-reactive ketones (excluding diaryl/α,β-unsaturated/α-hetero) is 1. The maximum Gasteiger partial charge on any atom is 0.251 e. The van der Waals surface area contributed by atoms with Gasteiger partial charge in [0.05, 0.1) is 5.56 Å². The van der Waals surface area contributed by atoms with E-state index in [9.17, 15) is 18.8 Å². The fraction of sp³-hybridized carbons (Fsp3) is 0.471. The van der Waals surface area contributed by atoms with Crippen LogP contribution in [0, 0.1) is 23.6 Å². The van der Waals surface area contributed by atoms with E-state index in [-0.39, 0.29) is 29.2 Å². The number of nitrogens with one attached hydrogen (secondary N) is 1. The number of nitrogens with two attached hydrogens (primary N) is 1. The van der Waals surface area contributed by atoms with Gasteiger partial charge in [0.25, 0.3) is 5.91 Å². The summed E-state index contributed by atoms with van der Waals surface area (Å²) in [6.07, 6.45) is 3.92. The van der Waals surface area contributed by atoms with Crippen molar-refractivity contribution in [3.05, 3.63) is 29.6 Å². The van der Waals surface area contributed by atoms with Crippen molar-refractivity contribution in [2.45, 2.75) is 32.1 Å². The van der Waals surface area contributed by atoms with Crippen LogP contribution in [0.15, 0.2) is 18.2 Å². The molecule has 0 heterocycles. The van der Waals surface area contributed by atoms with Gasteiger partial charge < -0.3 is 11.1 Å². The smallest absolute Gasteiger partial charge is 0.251 e. The van der Waals surface area contributed by atoms with E-state index in [0.717, 1.165) is 25.3 Å². The first kappa shape index (κ1) is 15.6. The normalized spacial score (nSPS) is 26.7. The topological polar surface area (TPSA) is 89.3 Å². The first-order valence-electron chi connectivity index (χ1n) is 7.89. The van der Waals surface area contributed by atoms with Crippen LogP contribution in [0.1, 0.15) is 42.5 Å². The van der Waals surface area contributed by atoms with Gasteiger partial charge in [0.15, 0.2) is 0 Å². The van der Waals surface area contributed by atoms with Crippen LogP contribution in [0.25, 0.3) is 0 Å². The van der Waals surface area contributed by atoms with E-state index < -0.39 is 11.7 Å². The van der Waals surface area contributed by atoms with E-state index in [1.807, 2.05) is 0 Å². The Labute approximate surface area is 133 Å². The number of primary amides is 1. The molecule has 3 N–H and O–H groups in total. The lowest BCUT2D eigenvalue weighted by Gasteiger charge is -2.36. The fourth-order valence-electron chi connectivity index (χ4n) is 3.73. The third-order valence-corrected chi connectivity index (χ3v) is 4.92. The number of hydrogen-bond donors (Lipinski definition) is 2. The summed E-state index contributed by atoms with van der Waals surface area (Å²) in [4.78, 5) is 35.7. The minimum absolute atomic E-state index is 0.00681. The molecule has 5 nitrogen and oxygen atoms in total. The zero-order valence-corrected chi connectivity index (χ0v) is 12.7. The van der Waals surface area contributed by atoms with Crippen molar-refractivity contribution in [3.8, 4) is 0 Å². The third-order valence-electron chi connectivity index (χ3n) is 4.92. The van der Waals surface area contributed by atoms with Gasteiger partial charge in [0, 0.05) is 23.4 Å². The monoisotopic (exact) mass is 318 g/mol. The Morgan fingerprint density at radius 3 is 2.43 bits per heavy atom. The van der Waals surface area contributed by atoms with Gasteiger partial charge >= 0.3 is 0 Å². The van der Waals surface area contributed by atoms with Crippen LogP contribution in [0.5, 0.6) is 0 Å². The predicted molar refractivity (Wildman–Crippen MR) is 82.1 cm³/mol. The molecule has 1 aromatic rings. The molecule has 0 aliphatic heterocycles. The molecule has 2 amide bonds. The summed E-state index contributed by atoms with van der Waals surface area (Å²) in [5.41, 5.74) is 5.19. The second kappa shape index (κ2) is 6.10. The van der Waals surface area contributed by atoms with Crippen molar-refractivity contribution >= 4 is 23.3 Å². The lowest BCUT2D eigenvalue weighted by atomic mass is 9.67. The standard InChI is InChI=1S/C17H19FN2O3/c18-14-5-4-12(8-13(14)16(19)22)20-17(23)11-6-9-2-1-3-10(7-11)15(9)21/h4-5,8-11H,1-3,6-7H2,(H2,19,22)(H,20,23). The van der Waals surface area contributed by atoms with Gasteiger partial charge in [-0.15, -0.1) is 0 Å². The highest BCUT2D eigenvalue weighted by molar-refractivity contribution is 5.98. The van der Waals surface area contributed by atoms with Crippen molar-refractivity contribution < 1.29 is 18.8 Å². The molecule has 0 radical (unpaired) electrons. The fourth-order valence-corrected chi connectivity index (χ4v) is 3.73. The van der Waals surface area contributed by atoms with Crippen molar-refractivity contribution in [2.24, 2.45) is 23.5 Å². The Balaban J connectivity index is 1.71. The molecule has 1 aromatic carbocycles. The van der Waals surface area contributed by atoms with Gasteiger partial charge in [-0.3, -0.25) is 14.4 Å². The Morgan fingerprint density at radius 2 is 1.83 bits per heavy atom. The highest BCUT2D eigenvalue weighted by Crippen LogP contribution is 2.40. The molecule has 122 valence electrons. The van der Waals surface area contributed by atoms with Gasteiger partial charge in [-0.05, 0) is 43.9 Å². The summed E-state index contributed by atoms with van der Waals surface area (Å²) in [7, 11) is 0. The Bertz CT molecular complexity index is 658. The number of carbonyl (C=O) groups excluding carboxylic acids is 3. The van der Waals surface area contributed by atoms with Crippen LogP contribution < -0.4 is 11.1 Å². The Morgan fingerprint density at radius 1 is 1.17 bits per heavy atom. The number of benzene rings is 1. The van der Waals surface area contributed by atoms with E-state index in [0.29, 0.717) is 24.3 Å². The van der Waals surface area contributed by atoms with Gasteiger partial charge in [-0.25, -0.2) is 4.39 Å². The quantitative estimate of drug-likeness (QED) is 0.896. The van der Waals surface area contributed by atoms with Gasteiger partial charge in [0.2, 0.25) is 5.91 Å². The molecule has 2 fully saturated rings. The van der Waals surface area contributed by atoms with Crippen LogP contribution in [-0.4, -0.2) is 17.6 Å². The number of rotatable bonds is 3. The predicted octanol–water partition coefficient (Wildman–Crippen LogP) is 2.26. The molecule has 6 heteroatoms. The molecule has 2 atom stereocenters. The molecule has 2 bridgehead atoms. The van der Waals surface area contributed by atoms with Crippen LogP contribution in [0.2, 0.25) is 0 Å². The summed E-state index contributed by atoms with van der Waals surface area (Å²) in [5.74, 6) is -1.70. The summed E-state index contributed by atoms with van der Waals surface area (Å²) in [6.45, 7) is 0. The lowest BCUT2D eigenvalue weighted by molar-refractivity contribution is -0.136. The second-order valence-corrected chi connectivity index (χ2v) is 6.44. The third kappa shape index (κ3) is 3.11. The molecule has 0 aromatic heterocycles. The number of halogens is 1. The lowest BCUT2D eigenvalue weighted by Crippen LogP contribution is -2.40. The van der Waals surface area contributed by atoms with Gasteiger partial charge in [-0.1, -0.05) is 6.42 Å². The van der Waals surface area contributed by atoms with E-state index in [1.165, 1.54) is 12.1 Å². The van der Waals surface area contributed by atoms with Crippen LogP contribution in [-0.2, 0) is 9.59 Å². The van der Waals surface area contributed by atoms with Crippen molar-refractivity contribution in [3.63, 3.8) is 0 Å². The SMILES string of the molecule is NC(=O)c1cc(NC(=O)C2CC3CCCC(C2)C3=O)ccc1F. The van der Waals surface area contributed by atoms with Gasteiger partial charge in [0.1, 0.15) is 11.6 Å². The molecule has 2 aliphatic rings. The zero-order valence-electron chi connectivity index (χ0n) is 12.7. The molecule has 0 spiro atoms. The largest absolute Gasteiger partial charge is 0.366 e. The maximum atomic E-state index is 13.5. The average Bonchev–Trinajstić information content (AvgIpc) is 2.48. The van der Waals surface area contributed by atoms with E-state index in [2.05, 4.69) is 5.32 Å². The zero-order chi connectivity index (χ0) is 16.6. The summed E-state index contributed by atoms with van der Waals surface area (Å²) in [5, 5.41) is 2.71. The number of ketones is 1. The number of carbonyl (C=O) groups is 3.